The first-order valence-electron chi connectivity index (χ1n) is 6.01. The third-order valence-electron chi connectivity index (χ3n) is 3.15. The summed E-state index contributed by atoms with van der Waals surface area (Å²) in [5.41, 5.74) is 8.94. The lowest BCUT2D eigenvalue weighted by atomic mass is 10.3. The zero-order valence-electron chi connectivity index (χ0n) is 10.7. The van der Waals surface area contributed by atoms with E-state index in [4.69, 9.17) is 5.73 Å². The van der Waals surface area contributed by atoms with Gasteiger partial charge in [-0.1, -0.05) is 6.92 Å². The molecule has 0 amide bonds. The maximum atomic E-state index is 6.06. The highest BCUT2D eigenvalue weighted by Crippen LogP contribution is 2.27. The van der Waals surface area contributed by atoms with Crippen LogP contribution in [0, 0.1) is 0 Å². The Balaban J connectivity index is 2.15. The number of thiophene rings is 1. The number of hydrogen-bond acceptors (Lipinski definition) is 4. The number of nitrogens with zero attached hydrogens (tertiary/aromatic N) is 4. The molecule has 0 aliphatic rings. The second-order valence-corrected chi connectivity index (χ2v) is 6.20. The van der Waals surface area contributed by atoms with Crippen LogP contribution in [0.15, 0.2) is 15.9 Å². The molecule has 5 nitrogen and oxygen atoms in total. The van der Waals surface area contributed by atoms with E-state index < -0.39 is 0 Å². The van der Waals surface area contributed by atoms with Gasteiger partial charge >= 0.3 is 0 Å². The van der Waals surface area contributed by atoms with Crippen molar-refractivity contribution in [2.24, 2.45) is 7.05 Å². The topological polar surface area (TPSA) is 61.7 Å². The van der Waals surface area contributed by atoms with E-state index in [1.807, 2.05) is 22.4 Å². The summed E-state index contributed by atoms with van der Waals surface area (Å²) in [7, 11) is 1.93. The van der Waals surface area contributed by atoms with Crippen LogP contribution < -0.4 is 5.73 Å². The van der Waals surface area contributed by atoms with Crippen LogP contribution in [0.2, 0.25) is 0 Å². The summed E-state index contributed by atoms with van der Waals surface area (Å²) in [6.45, 7) is 2.79. The van der Waals surface area contributed by atoms with E-state index in [2.05, 4.69) is 38.3 Å². The molecule has 3 aromatic heterocycles. The Morgan fingerprint density at radius 2 is 2.26 bits per heavy atom. The lowest BCUT2D eigenvalue weighted by Crippen LogP contribution is -2.07. The number of nitrogens with two attached hydrogens (primary N) is 1. The number of nitrogen functional groups attached to an aromatic ring is 1. The van der Waals surface area contributed by atoms with Gasteiger partial charge < -0.3 is 5.73 Å². The van der Waals surface area contributed by atoms with Gasteiger partial charge in [-0.25, -0.2) is 4.98 Å². The van der Waals surface area contributed by atoms with Gasteiger partial charge in [0, 0.05) is 16.4 Å². The molecule has 0 aliphatic carbocycles. The van der Waals surface area contributed by atoms with Crippen molar-refractivity contribution in [1.82, 2.24) is 19.3 Å². The Hall–Kier alpha value is -1.34. The van der Waals surface area contributed by atoms with Crippen LogP contribution in [0.5, 0.6) is 0 Å². The van der Waals surface area contributed by atoms with E-state index in [9.17, 15) is 0 Å². The van der Waals surface area contributed by atoms with Crippen molar-refractivity contribution >= 4 is 44.4 Å². The maximum Gasteiger partial charge on any atom is 0.202 e. The van der Waals surface area contributed by atoms with Gasteiger partial charge in [-0.2, -0.15) is 5.10 Å². The average molecular weight is 340 g/mol. The second-order valence-electron chi connectivity index (χ2n) is 4.34. The molecular formula is C12H14BrN5S. The van der Waals surface area contributed by atoms with E-state index in [0.29, 0.717) is 12.5 Å². The molecule has 7 heteroatoms. The molecule has 0 unspecified atom stereocenters. The minimum absolute atomic E-state index is 0.540. The number of imidazole rings is 1. The van der Waals surface area contributed by atoms with Crippen LogP contribution in [0.4, 0.5) is 5.95 Å². The summed E-state index contributed by atoms with van der Waals surface area (Å²) >= 11 is 5.25. The molecule has 19 heavy (non-hydrogen) atoms. The number of aryl methyl sites for hydroxylation is 2. The largest absolute Gasteiger partial charge is 0.369 e. The van der Waals surface area contributed by atoms with Crippen LogP contribution in [0.3, 0.4) is 0 Å². The fraction of sp³-hybridized carbons (Fsp3) is 0.333. The van der Waals surface area contributed by atoms with Gasteiger partial charge in [0.2, 0.25) is 5.95 Å². The molecule has 0 saturated heterocycles. The highest BCUT2D eigenvalue weighted by atomic mass is 79.9. The molecule has 100 valence electrons. The van der Waals surface area contributed by atoms with Crippen molar-refractivity contribution in [3.63, 3.8) is 0 Å². The lowest BCUT2D eigenvalue weighted by Gasteiger charge is -2.05. The third kappa shape index (κ3) is 1.97. The normalized spacial score (nSPS) is 11.5. The zero-order chi connectivity index (χ0) is 13.6. The van der Waals surface area contributed by atoms with Gasteiger partial charge in [-0.05, 0) is 33.8 Å². The second kappa shape index (κ2) is 4.64. The summed E-state index contributed by atoms with van der Waals surface area (Å²) in [6, 6.07) is 2.05. The van der Waals surface area contributed by atoms with Gasteiger partial charge in [0.05, 0.1) is 12.2 Å². The molecule has 2 N–H and O–H groups in total. The van der Waals surface area contributed by atoms with E-state index in [-0.39, 0.29) is 0 Å². The van der Waals surface area contributed by atoms with Crippen LogP contribution in [-0.2, 0) is 20.0 Å². The standard InChI is InChI=1S/C12H14BrN5S/c1-3-8-10-11(17(2)16-8)18(12(14)15-10)6-9-7(13)4-5-19-9/h4-5H,3,6H2,1-2H3,(H2,14,15). The van der Waals surface area contributed by atoms with Gasteiger partial charge in [-0.15, -0.1) is 11.3 Å². The van der Waals surface area contributed by atoms with Gasteiger partial charge in [0.1, 0.15) is 5.52 Å². The van der Waals surface area contributed by atoms with Gasteiger partial charge in [0.15, 0.2) is 5.65 Å². The quantitative estimate of drug-likeness (QED) is 0.798. The molecule has 3 aromatic rings. The van der Waals surface area contributed by atoms with Crippen LogP contribution >= 0.6 is 27.3 Å². The Morgan fingerprint density at radius 3 is 2.89 bits per heavy atom. The first kappa shape index (κ1) is 12.7. The molecular weight excluding hydrogens is 326 g/mol. The van der Waals surface area contributed by atoms with Crippen molar-refractivity contribution in [2.75, 3.05) is 5.73 Å². The highest BCUT2D eigenvalue weighted by molar-refractivity contribution is 9.10. The van der Waals surface area contributed by atoms with Crippen molar-refractivity contribution in [3.8, 4) is 0 Å². The Morgan fingerprint density at radius 1 is 1.47 bits per heavy atom. The van der Waals surface area contributed by atoms with E-state index in [1.165, 1.54) is 4.88 Å². The summed E-state index contributed by atoms with van der Waals surface area (Å²) in [5, 5.41) is 6.55. The lowest BCUT2D eigenvalue weighted by molar-refractivity contribution is 0.721. The molecule has 0 atom stereocenters. The van der Waals surface area contributed by atoms with Crippen molar-refractivity contribution < 1.29 is 0 Å². The van der Waals surface area contributed by atoms with E-state index in [1.54, 1.807) is 11.3 Å². The first-order chi connectivity index (χ1) is 9.11. The number of aromatic nitrogens is 4. The number of fused-ring (bicyclic) bond motifs is 1. The van der Waals surface area contributed by atoms with Gasteiger partial charge in [-0.3, -0.25) is 9.25 Å². The van der Waals surface area contributed by atoms with Crippen molar-refractivity contribution in [3.05, 3.63) is 26.5 Å². The minimum Gasteiger partial charge on any atom is -0.369 e. The first-order valence-corrected chi connectivity index (χ1v) is 7.68. The third-order valence-corrected chi connectivity index (χ3v) is 5.06. The maximum absolute atomic E-state index is 6.06. The fourth-order valence-electron chi connectivity index (χ4n) is 2.23. The molecule has 3 rings (SSSR count). The van der Waals surface area contributed by atoms with Crippen LogP contribution in [0.25, 0.3) is 11.2 Å². The fourth-order valence-corrected chi connectivity index (χ4v) is 3.70. The molecule has 0 aromatic carbocycles. The number of anilines is 1. The summed E-state index contributed by atoms with van der Waals surface area (Å²) < 4.78 is 4.98. The highest BCUT2D eigenvalue weighted by Gasteiger charge is 2.17. The zero-order valence-corrected chi connectivity index (χ0v) is 13.1. The van der Waals surface area contributed by atoms with Crippen molar-refractivity contribution in [1.29, 1.82) is 0 Å². The van der Waals surface area contributed by atoms with E-state index >= 15 is 0 Å². The Labute approximate surface area is 123 Å². The molecule has 0 saturated carbocycles. The molecule has 0 fully saturated rings. The smallest absolute Gasteiger partial charge is 0.202 e. The van der Waals surface area contributed by atoms with Gasteiger partial charge in [0.25, 0.3) is 0 Å². The Kier molecular flexibility index (Phi) is 3.10. The van der Waals surface area contributed by atoms with Crippen LogP contribution in [-0.4, -0.2) is 19.3 Å². The predicted molar refractivity (Wildman–Crippen MR) is 81.4 cm³/mol. The number of halogens is 1. The molecule has 3 heterocycles. The predicted octanol–water partition coefficient (Wildman–Crippen LogP) is 2.79. The molecule has 0 spiro atoms. The summed E-state index contributed by atoms with van der Waals surface area (Å²) in [4.78, 5) is 5.69. The summed E-state index contributed by atoms with van der Waals surface area (Å²) in [6.07, 6.45) is 0.858. The molecule has 0 bridgehead atoms. The number of rotatable bonds is 3. The Bertz CT molecular complexity index is 739. The van der Waals surface area contributed by atoms with E-state index in [0.717, 1.165) is 27.8 Å². The van der Waals surface area contributed by atoms with Crippen molar-refractivity contribution in [2.45, 2.75) is 19.9 Å². The average Bonchev–Trinajstić information content (AvgIpc) is 3.00. The SMILES string of the molecule is CCc1nn(C)c2c1nc(N)n2Cc1sccc1Br. The number of hydrogen-bond donors (Lipinski definition) is 1. The molecule has 0 radical (unpaired) electrons. The summed E-state index contributed by atoms with van der Waals surface area (Å²) in [5.74, 6) is 0.540. The molecule has 0 aliphatic heterocycles. The minimum atomic E-state index is 0.540. The van der Waals surface area contributed by atoms with Crippen LogP contribution in [0.1, 0.15) is 17.5 Å². The monoisotopic (exact) mass is 339 g/mol.